The van der Waals surface area contributed by atoms with E-state index >= 15 is 0 Å². The van der Waals surface area contributed by atoms with Gasteiger partial charge in [0.25, 0.3) is 5.91 Å². The van der Waals surface area contributed by atoms with Gasteiger partial charge >= 0.3 is 0 Å². The van der Waals surface area contributed by atoms with Crippen LogP contribution in [0.25, 0.3) is 0 Å². The molecule has 1 aromatic carbocycles. The first kappa shape index (κ1) is 14.7. The number of halogens is 1. The fourth-order valence-electron chi connectivity index (χ4n) is 1.28. The van der Waals surface area contributed by atoms with Gasteiger partial charge in [-0.25, -0.2) is 15.4 Å². The first-order chi connectivity index (χ1) is 9.75. The maximum absolute atomic E-state index is 11.6. The molecule has 5 nitrogen and oxygen atoms in total. The van der Waals surface area contributed by atoms with Gasteiger partial charge in [0.05, 0.1) is 12.0 Å². The third-order valence-corrected chi connectivity index (χ3v) is 3.77. The molecule has 0 spiro atoms. The summed E-state index contributed by atoms with van der Waals surface area (Å²) in [4.78, 5) is 19.6. The lowest BCUT2D eigenvalue weighted by molar-refractivity contribution is -0.118. The normalized spacial score (nSPS) is 10.7. The highest BCUT2D eigenvalue weighted by atomic mass is 79.9. The van der Waals surface area contributed by atoms with E-state index in [2.05, 4.69) is 36.4 Å². The molecular formula is C13H11BrN4OS. The van der Waals surface area contributed by atoms with Crippen LogP contribution in [0.2, 0.25) is 0 Å². The monoisotopic (exact) mass is 350 g/mol. The second-order valence-corrected chi connectivity index (χ2v) is 5.43. The molecule has 0 aliphatic carbocycles. The van der Waals surface area contributed by atoms with Crippen molar-refractivity contribution in [3.63, 3.8) is 0 Å². The van der Waals surface area contributed by atoms with Crippen molar-refractivity contribution in [3.8, 4) is 0 Å². The van der Waals surface area contributed by atoms with Crippen LogP contribution in [0.15, 0.2) is 57.5 Å². The maximum Gasteiger partial charge on any atom is 0.250 e. The van der Waals surface area contributed by atoms with E-state index < -0.39 is 0 Å². The lowest BCUT2D eigenvalue weighted by atomic mass is 10.2. The Labute approximate surface area is 129 Å². The summed E-state index contributed by atoms with van der Waals surface area (Å²) in [5.41, 5.74) is 3.36. The quantitative estimate of drug-likeness (QED) is 0.389. The van der Waals surface area contributed by atoms with Crippen LogP contribution in [-0.4, -0.2) is 27.8 Å². The number of carbonyl (C=O) groups is 1. The van der Waals surface area contributed by atoms with E-state index in [9.17, 15) is 4.79 Å². The maximum atomic E-state index is 11.6. The molecule has 0 saturated carbocycles. The van der Waals surface area contributed by atoms with Gasteiger partial charge in [-0.05, 0) is 12.1 Å². The number of benzene rings is 1. The van der Waals surface area contributed by atoms with Crippen LogP contribution in [0.3, 0.4) is 0 Å². The molecule has 0 bridgehead atoms. The van der Waals surface area contributed by atoms with Gasteiger partial charge in [-0.3, -0.25) is 4.79 Å². The summed E-state index contributed by atoms with van der Waals surface area (Å²) in [5.74, 6) is 0.0166. The summed E-state index contributed by atoms with van der Waals surface area (Å²) in [6, 6.07) is 9.34. The minimum atomic E-state index is -0.203. The molecule has 2 aromatic rings. The minimum Gasteiger partial charge on any atom is -0.272 e. The molecular weight excluding hydrogens is 340 g/mol. The molecule has 0 atom stereocenters. The molecule has 1 heterocycles. The van der Waals surface area contributed by atoms with Crippen LogP contribution in [0, 0.1) is 0 Å². The number of hydrazone groups is 1. The van der Waals surface area contributed by atoms with E-state index in [1.54, 1.807) is 24.7 Å². The van der Waals surface area contributed by atoms with E-state index in [1.807, 2.05) is 24.3 Å². The summed E-state index contributed by atoms with van der Waals surface area (Å²) in [6.45, 7) is 0. The standard InChI is InChI=1S/C13H11BrN4OS/c14-11-5-2-1-4-10(11)8-17-18-12(19)9-20-13-15-6-3-7-16-13/h1-8H,9H2,(H,18,19)/b17-8+. The highest BCUT2D eigenvalue weighted by Gasteiger charge is 2.02. The van der Waals surface area contributed by atoms with Crippen LogP contribution in [-0.2, 0) is 4.79 Å². The molecule has 0 fully saturated rings. The van der Waals surface area contributed by atoms with Gasteiger partial charge in [0, 0.05) is 22.4 Å². The Bertz CT molecular complexity index is 606. The Kier molecular flexibility index (Phi) is 5.69. The van der Waals surface area contributed by atoms with Crippen molar-refractivity contribution in [3.05, 3.63) is 52.8 Å². The number of amides is 1. The third kappa shape index (κ3) is 4.75. The largest absolute Gasteiger partial charge is 0.272 e. The van der Waals surface area contributed by atoms with Crippen LogP contribution < -0.4 is 5.43 Å². The Morgan fingerprint density at radius 2 is 2.05 bits per heavy atom. The van der Waals surface area contributed by atoms with Crippen LogP contribution in [0.1, 0.15) is 5.56 Å². The number of rotatable bonds is 5. The number of nitrogens with one attached hydrogen (secondary N) is 1. The van der Waals surface area contributed by atoms with E-state index in [0.29, 0.717) is 5.16 Å². The summed E-state index contributed by atoms with van der Waals surface area (Å²) in [5, 5.41) is 4.47. The van der Waals surface area contributed by atoms with Gasteiger partial charge in [-0.2, -0.15) is 5.10 Å². The molecule has 7 heteroatoms. The zero-order valence-corrected chi connectivity index (χ0v) is 12.8. The van der Waals surface area contributed by atoms with Crippen molar-refractivity contribution in [1.82, 2.24) is 15.4 Å². The highest BCUT2D eigenvalue weighted by molar-refractivity contribution is 9.10. The summed E-state index contributed by atoms with van der Waals surface area (Å²) >= 11 is 4.66. The molecule has 102 valence electrons. The Hall–Kier alpha value is -1.73. The predicted octanol–water partition coefficient (Wildman–Crippen LogP) is 2.48. The number of hydrogen-bond donors (Lipinski definition) is 1. The summed E-state index contributed by atoms with van der Waals surface area (Å²) in [7, 11) is 0. The zero-order chi connectivity index (χ0) is 14.2. The average Bonchev–Trinajstić information content (AvgIpc) is 2.48. The molecule has 1 amide bonds. The SMILES string of the molecule is O=C(CSc1ncccn1)N/N=C/c1ccccc1Br. The molecule has 1 aromatic heterocycles. The summed E-state index contributed by atoms with van der Waals surface area (Å²) < 4.78 is 0.921. The van der Waals surface area contributed by atoms with Crippen molar-refractivity contribution < 1.29 is 4.79 Å². The lowest BCUT2D eigenvalue weighted by Crippen LogP contribution is -2.19. The fourth-order valence-corrected chi connectivity index (χ4v) is 2.26. The van der Waals surface area contributed by atoms with Gasteiger partial charge in [-0.1, -0.05) is 45.9 Å². The first-order valence-electron chi connectivity index (χ1n) is 5.72. The number of hydrogen-bond acceptors (Lipinski definition) is 5. The molecule has 0 radical (unpaired) electrons. The summed E-state index contributed by atoms with van der Waals surface area (Å²) in [6.07, 6.45) is 4.86. The van der Waals surface area contributed by atoms with Crippen molar-refractivity contribution in [2.45, 2.75) is 5.16 Å². The predicted molar refractivity (Wildman–Crippen MR) is 82.6 cm³/mol. The second kappa shape index (κ2) is 7.76. The second-order valence-electron chi connectivity index (χ2n) is 3.63. The molecule has 2 rings (SSSR count). The molecule has 0 aliphatic rings. The van der Waals surface area contributed by atoms with E-state index in [1.165, 1.54) is 11.8 Å². The van der Waals surface area contributed by atoms with Gasteiger partial charge in [0.15, 0.2) is 5.16 Å². The lowest BCUT2D eigenvalue weighted by Gasteiger charge is -1.99. The Morgan fingerprint density at radius 3 is 2.80 bits per heavy atom. The number of nitrogens with zero attached hydrogens (tertiary/aromatic N) is 3. The molecule has 20 heavy (non-hydrogen) atoms. The fraction of sp³-hybridized carbons (Fsp3) is 0.0769. The van der Waals surface area contributed by atoms with Gasteiger partial charge < -0.3 is 0 Å². The van der Waals surface area contributed by atoms with Crippen LogP contribution >= 0.6 is 27.7 Å². The van der Waals surface area contributed by atoms with Crippen molar-refractivity contribution in [2.24, 2.45) is 5.10 Å². The van der Waals surface area contributed by atoms with Crippen molar-refractivity contribution in [2.75, 3.05) is 5.75 Å². The zero-order valence-electron chi connectivity index (χ0n) is 10.4. The smallest absolute Gasteiger partial charge is 0.250 e. The van der Waals surface area contributed by atoms with Crippen LogP contribution in [0.4, 0.5) is 0 Å². The third-order valence-electron chi connectivity index (χ3n) is 2.17. The van der Waals surface area contributed by atoms with Crippen LogP contribution in [0.5, 0.6) is 0 Å². The molecule has 0 saturated heterocycles. The highest BCUT2D eigenvalue weighted by Crippen LogP contribution is 2.13. The number of thioether (sulfide) groups is 1. The molecule has 0 unspecified atom stereocenters. The minimum absolute atomic E-state index is 0.203. The number of aromatic nitrogens is 2. The molecule has 1 N–H and O–H groups in total. The number of carbonyl (C=O) groups excluding carboxylic acids is 1. The Balaban J connectivity index is 1.79. The van der Waals surface area contributed by atoms with Gasteiger partial charge in [-0.15, -0.1) is 0 Å². The van der Waals surface area contributed by atoms with Crippen molar-refractivity contribution >= 4 is 39.8 Å². The topological polar surface area (TPSA) is 67.2 Å². The average molecular weight is 351 g/mol. The van der Waals surface area contributed by atoms with E-state index in [-0.39, 0.29) is 11.7 Å². The van der Waals surface area contributed by atoms with Gasteiger partial charge in [0.1, 0.15) is 0 Å². The first-order valence-corrected chi connectivity index (χ1v) is 7.50. The van der Waals surface area contributed by atoms with E-state index in [4.69, 9.17) is 0 Å². The van der Waals surface area contributed by atoms with Crippen molar-refractivity contribution in [1.29, 1.82) is 0 Å². The van der Waals surface area contributed by atoms with Gasteiger partial charge in [0.2, 0.25) is 0 Å². The molecule has 0 aliphatic heterocycles. The Morgan fingerprint density at radius 1 is 1.30 bits per heavy atom. The van der Waals surface area contributed by atoms with E-state index in [0.717, 1.165) is 10.0 Å².